The summed E-state index contributed by atoms with van der Waals surface area (Å²) in [7, 11) is -4.70. The van der Waals surface area contributed by atoms with Gasteiger partial charge in [0.15, 0.2) is 0 Å². The van der Waals surface area contributed by atoms with Crippen LogP contribution in [0.5, 0.6) is 5.75 Å². The molecule has 94 valence electrons. The van der Waals surface area contributed by atoms with E-state index in [-0.39, 0.29) is 17.4 Å². The van der Waals surface area contributed by atoms with Gasteiger partial charge in [-0.25, -0.2) is 9.36 Å². The fourth-order valence-electron chi connectivity index (χ4n) is 1.12. The van der Waals surface area contributed by atoms with E-state index in [9.17, 15) is 9.36 Å². The van der Waals surface area contributed by atoms with Crippen LogP contribution < -0.4 is 4.52 Å². The lowest BCUT2D eigenvalue weighted by molar-refractivity contribution is 0.0376. The molecule has 0 fully saturated rings. The molecule has 0 amide bonds. The van der Waals surface area contributed by atoms with Crippen molar-refractivity contribution in [2.45, 2.75) is 20.0 Å². The molecular formula is C10H13O6P. The van der Waals surface area contributed by atoms with Gasteiger partial charge in [0.1, 0.15) is 11.3 Å². The number of hydrogen-bond donors (Lipinski definition) is 2. The molecule has 0 aliphatic rings. The highest BCUT2D eigenvalue weighted by Crippen LogP contribution is 2.39. The van der Waals surface area contributed by atoms with Crippen LogP contribution in [-0.2, 0) is 9.30 Å². The summed E-state index contributed by atoms with van der Waals surface area (Å²) in [6.45, 7) is 3.34. The molecule has 1 aromatic rings. The van der Waals surface area contributed by atoms with Crippen molar-refractivity contribution in [3.05, 3.63) is 29.8 Å². The molecule has 17 heavy (non-hydrogen) atoms. The zero-order valence-corrected chi connectivity index (χ0v) is 10.3. The maximum atomic E-state index is 11.6. The molecule has 0 heterocycles. The van der Waals surface area contributed by atoms with Crippen molar-refractivity contribution >= 4 is 13.8 Å². The van der Waals surface area contributed by atoms with Gasteiger partial charge < -0.3 is 9.26 Å². The number of benzene rings is 1. The number of rotatable bonds is 4. The van der Waals surface area contributed by atoms with Crippen LogP contribution in [0, 0.1) is 0 Å². The number of phosphoric acid groups is 1. The van der Waals surface area contributed by atoms with Gasteiger partial charge in [0.05, 0.1) is 6.10 Å². The summed E-state index contributed by atoms with van der Waals surface area (Å²) in [5.41, 5.74) is -0.0236. The van der Waals surface area contributed by atoms with E-state index >= 15 is 0 Å². The van der Waals surface area contributed by atoms with E-state index in [1.165, 1.54) is 18.2 Å². The van der Waals surface area contributed by atoms with Crippen LogP contribution in [0.25, 0.3) is 0 Å². The predicted molar refractivity (Wildman–Crippen MR) is 59.7 cm³/mol. The molecule has 0 aromatic heterocycles. The molecule has 0 radical (unpaired) electrons. The highest BCUT2D eigenvalue weighted by molar-refractivity contribution is 7.46. The molecule has 0 aliphatic heterocycles. The normalized spacial score (nSPS) is 11.4. The lowest BCUT2D eigenvalue weighted by Crippen LogP contribution is -2.12. The second-order valence-corrected chi connectivity index (χ2v) is 4.70. The summed E-state index contributed by atoms with van der Waals surface area (Å²) in [5.74, 6) is -0.893. The Labute approximate surface area is 98.4 Å². The molecule has 2 N–H and O–H groups in total. The van der Waals surface area contributed by atoms with E-state index in [1.807, 2.05) is 0 Å². The van der Waals surface area contributed by atoms with Crippen LogP contribution >= 0.6 is 7.82 Å². The number of carbonyl (C=O) groups is 1. The monoisotopic (exact) mass is 260 g/mol. The maximum absolute atomic E-state index is 11.6. The summed E-state index contributed by atoms with van der Waals surface area (Å²) in [6, 6.07) is 5.70. The molecule has 6 nitrogen and oxygen atoms in total. The van der Waals surface area contributed by atoms with Gasteiger partial charge in [0, 0.05) is 0 Å². The Morgan fingerprint density at radius 1 is 1.29 bits per heavy atom. The molecule has 0 aliphatic carbocycles. The van der Waals surface area contributed by atoms with Gasteiger partial charge in [-0.3, -0.25) is 9.79 Å². The van der Waals surface area contributed by atoms with Crippen LogP contribution in [0.15, 0.2) is 24.3 Å². The zero-order valence-electron chi connectivity index (χ0n) is 9.36. The Balaban J connectivity index is 2.99. The number of para-hydroxylation sites is 1. The largest absolute Gasteiger partial charge is 0.524 e. The smallest absolute Gasteiger partial charge is 0.459 e. The number of phosphoric ester groups is 1. The molecule has 0 spiro atoms. The van der Waals surface area contributed by atoms with Crippen LogP contribution in [0.3, 0.4) is 0 Å². The first-order valence-corrected chi connectivity index (χ1v) is 6.38. The van der Waals surface area contributed by atoms with E-state index in [1.54, 1.807) is 19.9 Å². The minimum absolute atomic E-state index is 0.0236. The van der Waals surface area contributed by atoms with Gasteiger partial charge >= 0.3 is 13.8 Å². The van der Waals surface area contributed by atoms with Crippen LogP contribution in [0.1, 0.15) is 24.2 Å². The standard InChI is InChI=1S/C10H13O6P/c1-7(2)15-10(11)8-5-3-4-6-9(8)16-17(12,13)14/h3-7H,1-2H3,(H2,12,13,14). The first-order chi connectivity index (χ1) is 7.79. The Bertz CT molecular complexity index is 450. The molecule has 0 saturated carbocycles. The molecule has 0 unspecified atom stereocenters. The average molecular weight is 260 g/mol. The Kier molecular flexibility index (Phi) is 4.28. The molecule has 1 rings (SSSR count). The fourth-order valence-corrected chi connectivity index (χ4v) is 1.54. The second kappa shape index (κ2) is 5.31. The zero-order chi connectivity index (χ0) is 13.1. The molecular weight excluding hydrogens is 247 g/mol. The van der Waals surface area contributed by atoms with E-state index < -0.39 is 13.8 Å². The maximum Gasteiger partial charge on any atom is 0.524 e. The third-order valence-corrected chi connectivity index (χ3v) is 2.10. The van der Waals surface area contributed by atoms with Gasteiger partial charge in [-0.2, -0.15) is 0 Å². The van der Waals surface area contributed by atoms with Crippen LogP contribution in [0.4, 0.5) is 0 Å². The number of ether oxygens (including phenoxy) is 1. The van der Waals surface area contributed by atoms with Crippen LogP contribution in [-0.4, -0.2) is 21.9 Å². The molecule has 0 atom stereocenters. The van der Waals surface area contributed by atoms with Crippen molar-refractivity contribution in [1.82, 2.24) is 0 Å². The SMILES string of the molecule is CC(C)OC(=O)c1ccccc1OP(=O)(O)O. The van der Waals surface area contributed by atoms with Crippen molar-refractivity contribution in [1.29, 1.82) is 0 Å². The van der Waals surface area contributed by atoms with E-state index in [0.717, 1.165) is 0 Å². The fraction of sp³-hybridized carbons (Fsp3) is 0.300. The highest BCUT2D eigenvalue weighted by Gasteiger charge is 2.22. The third-order valence-electron chi connectivity index (χ3n) is 1.67. The van der Waals surface area contributed by atoms with Crippen molar-refractivity contribution in [3.63, 3.8) is 0 Å². The lowest BCUT2D eigenvalue weighted by atomic mass is 10.2. The summed E-state index contributed by atoms with van der Waals surface area (Å²) >= 11 is 0. The first-order valence-electron chi connectivity index (χ1n) is 4.85. The Morgan fingerprint density at radius 3 is 2.41 bits per heavy atom. The highest BCUT2D eigenvalue weighted by atomic mass is 31.2. The van der Waals surface area contributed by atoms with Crippen molar-refractivity contribution in [2.24, 2.45) is 0 Å². The van der Waals surface area contributed by atoms with Crippen LogP contribution in [0.2, 0.25) is 0 Å². The minimum atomic E-state index is -4.70. The van der Waals surface area contributed by atoms with E-state index in [2.05, 4.69) is 4.52 Å². The van der Waals surface area contributed by atoms with Gasteiger partial charge in [0.2, 0.25) is 0 Å². The summed E-state index contributed by atoms with van der Waals surface area (Å²) in [4.78, 5) is 29.0. The van der Waals surface area contributed by atoms with Gasteiger partial charge in [-0.15, -0.1) is 0 Å². The molecule has 1 aromatic carbocycles. The van der Waals surface area contributed by atoms with E-state index in [4.69, 9.17) is 14.5 Å². The summed E-state index contributed by atoms with van der Waals surface area (Å²) in [6.07, 6.45) is -0.328. The Morgan fingerprint density at radius 2 is 1.88 bits per heavy atom. The lowest BCUT2D eigenvalue weighted by Gasteiger charge is -2.12. The van der Waals surface area contributed by atoms with Crippen molar-refractivity contribution in [3.8, 4) is 5.75 Å². The first kappa shape index (κ1) is 13.7. The quantitative estimate of drug-likeness (QED) is 0.632. The second-order valence-electron chi connectivity index (χ2n) is 3.53. The molecule has 0 bridgehead atoms. The van der Waals surface area contributed by atoms with E-state index in [0.29, 0.717) is 0 Å². The number of esters is 1. The number of carbonyl (C=O) groups excluding carboxylic acids is 1. The molecule has 0 saturated heterocycles. The predicted octanol–water partition coefficient (Wildman–Crippen LogP) is 1.72. The van der Waals surface area contributed by atoms with Gasteiger partial charge in [-0.1, -0.05) is 12.1 Å². The third kappa shape index (κ3) is 4.56. The van der Waals surface area contributed by atoms with Gasteiger partial charge in [0.25, 0.3) is 0 Å². The Hall–Kier alpha value is -1.36. The summed E-state index contributed by atoms with van der Waals surface area (Å²) < 4.78 is 20.0. The number of hydrogen-bond acceptors (Lipinski definition) is 4. The van der Waals surface area contributed by atoms with Crippen molar-refractivity contribution in [2.75, 3.05) is 0 Å². The molecule has 7 heteroatoms. The van der Waals surface area contributed by atoms with Crippen molar-refractivity contribution < 1.29 is 28.4 Å². The topological polar surface area (TPSA) is 93.1 Å². The minimum Gasteiger partial charge on any atom is -0.459 e. The summed E-state index contributed by atoms with van der Waals surface area (Å²) in [5, 5.41) is 0. The van der Waals surface area contributed by atoms with Gasteiger partial charge in [-0.05, 0) is 26.0 Å². The average Bonchev–Trinajstić information content (AvgIpc) is 2.14.